The zero-order valence-corrected chi connectivity index (χ0v) is 11.8. The molecule has 0 saturated carbocycles. The molecule has 0 aliphatic heterocycles. The first-order valence-corrected chi connectivity index (χ1v) is 6.14. The van der Waals surface area contributed by atoms with Gasteiger partial charge in [-0.3, -0.25) is 0 Å². The van der Waals surface area contributed by atoms with Crippen LogP contribution in [-0.2, 0) is 6.54 Å². The minimum absolute atomic E-state index is 0.192. The van der Waals surface area contributed by atoms with E-state index < -0.39 is 0 Å². The first kappa shape index (κ1) is 13.9. The van der Waals surface area contributed by atoms with E-state index in [4.69, 9.17) is 10.5 Å². The highest BCUT2D eigenvalue weighted by atomic mass is 16.5. The number of hydrogen-bond acceptors (Lipinski definition) is 7. The smallest absolute Gasteiger partial charge is 0.231 e. The lowest BCUT2D eigenvalue weighted by Crippen LogP contribution is -2.16. The Bertz CT molecular complexity index is 587. The van der Waals surface area contributed by atoms with E-state index in [0.29, 0.717) is 18.4 Å². The Morgan fingerprint density at radius 2 is 2.05 bits per heavy atom. The Labute approximate surface area is 117 Å². The summed E-state index contributed by atoms with van der Waals surface area (Å²) < 4.78 is 5.18. The zero-order chi connectivity index (χ0) is 14.5. The molecule has 1 aromatic carbocycles. The number of nitrogens with one attached hydrogen (secondary N) is 1. The number of ether oxygens (including phenoxy) is 1. The van der Waals surface area contributed by atoms with Crippen LogP contribution in [0.1, 0.15) is 5.56 Å². The summed E-state index contributed by atoms with van der Waals surface area (Å²) in [5.41, 5.74) is 6.73. The van der Waals surface area contributed by atoms with Crippen molar-refractivity contribution in [2.45, 2.75) is 6.54 Å². The number of nitrogens with zero attached hydrogens (tertiary/aromatic N) is 4. The van der Waals surface area contributed by atoms with Crippen molar-refractivity contribution in [3.8, 4) is 5.75 Å². The van der Waals surface area contributed by atoms with E-state index in [-0.39, 0.29) is 5.95 Å². The molecule has 2 aromatic rings. The van der Waals surface area contributed by atoms with Gasteiger partial charge in [0, 0.05) is 20.6 Å². The highest BCUT2D eigenvalue weighted by Gasteiger charge is 2.06. The zero-order valence-electron chi connectivity index (χ0n) is 11.8. The molecule has 1 heterocycles. The van der Waals surface area contributed by atoms with Crippen LogP contribution in [0, 0.1) is 0 Å². The van der Waals surface area contributed by atoms with Crippen molar-refractivity contribution in [1.29, 1.82) is 0 Å². The molecule has 7 nitrogen and oxygen atoms in total. The topological polar surface area (TPSA) is 89.2 Å². The lowest BCUT2D eigenvalue weighted by Gasteiger charge is -2.12. The number of aromatic nitrogens is 3. The van der Waals surface area contributed by atoms with Crippen molar-refractivity contribution in [1.82, 2.24) is 15.0 Å². The molecule has 0 aliphatic carbocycles. The van der Waals surface area contributed by atoms with E-state index in [2.05, 4.69) is 20.3 Å². The van der Waals surface area contributed by atoms with E-state index in [0.717, 1.165) is 11.3 Å². The van der Waals surface area contributed by atoms with Crippen LogP contribution < -0.4 is 20.7 Å². The van der Waals surface area contributed by atoms with Gasteiger partial charge in [-0.2, -0.15) is 15.0 Å². The Morgan fingerprint density at radius 1 is 1.25 bits per heavy atom. The van der Waals surface area contributed by atoms with Crippen LogP contribution in [0.15, 0.2) is 24.3 Å². The van der Waals surface area contributed by atoms with Gasteiger partial charge in [0.2, 0.25) is 17.8 Å². The molecule has 106 valence electrons. The summed E-state index contributed by atoms with van der Waals surface area (Å²) in [7, 11) is 5.34. The summed E-state index contributed by atoms with van der Waals surface area (Å²) in [6.07, 6.45) is 0. The van der Waals surface area contributed by atoms with Gasteiger partial charge >= 0.3 is 0 Å². The van der Waals surface area contributed by atoms with E-state index in [1.54, 1.807) is 12.0 Å². The molecule has 0 unspecified atom stereocenters. The molecule has 0 atom stereocenters. The van der Waals surface area contributed by atoms with Crippen LogP contribution in [-0.4, -0.2) is 36.2 Å². The number of rotatable bonds is 5. The van der Waals surface area contributed by atoms with Crippen LogP contribution in [0.4, 0.5) is 17.8 Å². The van der Waals surface area contributed by atoms with Gasteiger partial charge in [0.05, 0.1) is 7.11 Å². The summed E-state index contributed by atoms with van der Waals surface area (Å²) in [6.45, 7) is 0.577. The number of benzene rings is 1. The van der Waals surface area contributed by atoms with Crippen molar-refractivity contribution >= 4 is 17.8 Å². The second-order valence-corrected chi connectivity index (χ2v) is 4.42. The van der Waals surface area contributed by atoms with Crippen molar-refractivity contribution in [3.63, 3.8) is 0 Å². The second kappa shape index (κ2) is 6.05. The van der Waals surface area contributed by atoms with E-state index in [1.807, 2.05) is 38.4 Å². The molecule has 2 rings (SSSR count). The lowest BCUT2D eigenvalue weighted by molar-refractivity contribution is 0.414. The van der Waals surface area contributed by atoms with Gasteiger partial charge in [0.1, 0.15) is 5.75 Å². The van der Waals surface area contributed by atoms with Crippen molar-refractivity contribution in [2.24, 2.45) is 0 Å². The fourth-order valence-corrected chi connectivity index (χ4v) is 1.62. The molecular formula is C13H18N6O. The molecule has 0 spiro atoms. The summed E-state index contributed by atoms with van der Waals surface area (Å²) >= 11 is 0. The normalized spacial score (nSPS) is 10.2. The van der Waals surface area contributed by atoms with Crippen molar-refractivity contribution < 1.29 is 4.74 Å². The third kappa shape index (κ3) is 3.47. The minimum atomic E-state index is 0.192. The predicted octanol–water partition coefficient (Wildman–Crippen LogP) is 1.14. The van der Waals surface area contributed by atoms with E-state index in [1.165, 1.54) is 0 Å². The molecule has 0 radical (unpaired) electrons. The molecule has 0 amide bonds. The van der Waals surface area contributed by atoms with Crippen LogP contribution in [0.2, 0.25) is 0 Å². The second-order valence-electron chi connectivity index (χ2n) is 4.42. The summed E-state index contributed by atoms with van der Waals surface area (Å²) in [4.78, 5) is 14.1. The van der Waals surface area contributed by atoms with Crippen LogP contribution >= 0.6 is 0 Å². The highest BCUT2D eigenvalue weighted by molar-refractivity contribution is 5.41. The maximum Gasteiger partial charge on any atom is 0.231 e. The number of methoxy groups -OCH3 is 1. The van der Waals surface area contributed by atoms with Crippen molar-refractivity contribution in [2.75, 3.05) is 37.2 Å². The summed E-state index contributed by atoms with van der Waals surface area (Å²) in [6, 6.07) is 7.77. The first-order chi connectivity index (χ1) is 9.58. The highest BCUT2D eigenvalue weighted by Crippen LogP contribution is 2.14. The number of anilines is 3. The third-order valence-corrected chi connectivity index (χ3v) is 2.63. The van der Waals surface area contributed by atoms with Crippen LogP contribution in [0.25, 0.3) is 0 Å². The van der Waals surface area contributed by atoms with Gasteiger partial charge < -0.3 is 20.7 Å². The monoisotopic (exact) mass is 274 g/mol. The van der Waals surface area contributed by atoms with E-state index in [9.17, 15) is 0 Å². The summed E-state index contributed by atoms with van der Waals surface area (Å²) in [5, 5.41) is 3.12. The SMILES string of the molecule is COc1cccc(CNc2nc(N)nc(N(C)C)n2)c1. The maximum absolute atomic E-state index is 5.66. The van der Waals surface area contributed by atoms with Crippen molar-refractivity contribution in [3.05, 3.63) is 29.8 Å². The lowest BCUT2D eigenvalue weighted by atomic mass is 10.2. The van der Waals surface area contributed by atoms with E-state index >= 15 is 0 Å². The van der Waals surface area contributed by atoms with Gasteiger partial charge in [0.25, 0.3) is 0 Å². The molecule has 20 heavy (non-hydrogen) atoms. The largest absolute Gasteiger partial charge is 0.497 e. The predicted molar refractivity (Wildman–Crippen MR) is 78.9 cm³/mol. The van der Waals surface area contributed by atoms with Gasteiger partial charge in [-0.05, 0) is 17.7 Å². The van der Waals surface area contributed by atoms with Gasteiger partial charge in [0.15, 0.2) is 0 Å². The molecule has 0 fully saturated rings. The molecule has 0 saturated heterocycles. The average molecular weight is 274 g/mol. The molecule has 1 aromatic heterocycles. The number of nitrogens with two attached hydrogens (primary N) is 1. The van der Waals surface area contributed by atoms with Gasteiger partial charge in [-0.1, -0.05) is 12.1 Å². The standard InChI is InChI=1S/C13H18N6O/c1-19(2)13-17-11(14)16-12(18-13)15-8-9-5-4-6-10(7-9)20-3/h4-7H,8H2,1-3H3,(H3,14,15,16,17,18). The Balaban J connectivity index is 2.10. The maximum atomic E-state index is 5.66. The molecule has 7 heteroatoms. The molecule has 0 aliphatic rings. The summed E-state index contributed by atoms with van der Waals surface area (Å²) in [5.74, 6) is 1.97. The quantitative estimate of drug-likeness (QED) is 0.845. The number of hydrogen-bond donors (Lipinski definition) is 2. The van der Waals surface area contributed by atoms with Crippen LogP contribution in [0.5, 0.6) is 5.75 Å². The van der Waals surface area contributed by atoms with Gasteiger partial charge in [-0.15, -0.1) is 0 Å². The molecular weight excluding hydrogens is 256 g/mol. The van der Waals surface area contributed by atoms with Crippen LogP contribution in [0.3, 0.4) is 0 Å². The Morgan fingerprint density at radius 3 is 2.75 bits per heavy atom. The molecule has 0 bridgehead atoms. The van der Waals surface area contributed by atoms with Gasteiger partial charge in [-0.25, -0.2) is 0 Å². The number of nitrogen functional groups attached to an aromatic ring is 1. The third-order valence-electron chi connectivity index (χ3n) is 2.63. The molecule has 3 N–H and O–H groups in total. The Hall–Kier alpha value is -2.57. The fraction of sp³-hybridized carbons (Fsp3) is 0.308. The minimum Gasteiger partial charge on any atom is -0.497 e. The fourth-order valence-electron chi connectivity index (χ4n) is 1.62. The first-order valence-electron chi connectivity index (χ1n) is 6.14. The Kier molecular flexibility index (Phi) is 4.19. The average Bonchev–Trinajstić information content (AvgIpc) is 2.44.